The van der Waals surface area contributed by atoms with Crippen LogP contribution in [-0.4, -0.2) is 50.5 Å². The number of methoxy groups -OCH3 is 1. The van der Waals surface area contributed by atoms with Gasteiger partial charge in [-0.25, -0.2) is 9.78 Å². The quantitative estimate of drug-likeness (QED) is 0.634. The first-order valence-corrected chi connectivity index (χ1v) is 10.2. The number of nitrogens with one attached hydrogen (secondary N) is 1. The Morgan fingerprint density at radius 3 is 2.78 bits per heavy atom. The molecule has 2 N–H and O–H groups in total. The SMILES string of the molecule is COc1ccc2ncc(=O)n(-c3cnc4c(c3)COCC4C(NC(=O)O)C(C)(C)C)c2n1. The average molecular weight is 439 g/mol. The molecule has 0 spiro atoms. The third-order valence-corrected chi connectivity index (χ3v) is 5.55. The minimum Gasteiger partial charge on any atom is -0.481 e. The number of aromatic nitrogens is 4. The lowest BCUT2D eigenvalue weighted by Crippen LogP contribution is -2.49. The molecule has 3 aromatic rings. The monoisotopic (exact) mass is 439 g/mol. The highest BCUT2D eigenvalue weighted by Crippen LogP contribution is 2.36. The summed E-state index contributed by atoms with van der Waals surface area (Å²) in [5.41, 5.74) is 2.24. The van der Waals surface area contributed by atoms with E-state index in [1.54, 1.807) is 18.3 Å². The first kappa shape index (κ1) is 21.7. The molecule has 2 atom stereocenters. The van der Waals surface area contributed by atoms with Gasteiger partial charge in [0.25, 0.3) is 5.56 Å². The van der Waals surface area contributed by atoms with Crippen molar-refractivity contribution >= 4 is 17.3 Å². The van der Waals surface area contributed by atoms with E-state index >= 15 is 0 Å². The molecule has 0 bridgehead atoms. The van der Waals surface area contributed by atoms with E-state index in [4.69, 9.17) is 9.47 Å². The predicted octanol–water partition coefficient (Wildman–Crippen LogP) is 2.48. The maximum atomic E-state index is 12.7. The van der Waals surface area contributed by atoms with Crippen LogP contribution < -0.4 is 15.6 Å². The Morgan fingerprint density at radius 2 is 2.09 bits per heavy atom. The number of ether oxygens (including phenoxy) is 2. The number of carboxylic acid groups (broad SMARTS) is 1. The summed E-state index contributed by atoms with van der Waals surface area (Å²) in [7, 11) is 1.50. The number of amides is 1. The summed E-state index contributed by atoms with van der Waals surface area (Å²) in [6.07, 6.45) is 1.74. The van der Waals surface area contributed by atoms with Crippen molar-refractivity contribution in [3.8, 4) is 11.6 Å². The van der Waals surface area contributed by atoms with E-state index in [-0.39, 0.29) is 16.9 Å². The smallest absolute Gasteiger partial charge is 0.404 e. The standard InChI is InChI=1S/C22H25N5O5/c1-22(2,3)19(26-21(29)30)14-11-32-10-12-7-13(8-24-18(12)14)27-17(28)9-23-15-5-6-16(31-4)25-20(15)27/h5-9,14,19,26H,10-11H2,1-4H3,(H,29,30). The van der Waals surface area contributed by atoms with E-state index in [0.717, 1.165) is 11.3 Å². The zero-order valence-corrected chi connectivity index (χ0v) is 18.3. The van der Waals surface area contributed by atoms with E-state index in [9.17, 15) is 14.7 Å². The van der Waals surface area contributed by atoms with Crippen LogP contribution in [0, 0.1) is 5.41 Å². The fourth-order valence-electron chi connectivity index (χ4n) is 4.10. The molecule has 0 aromatic carbocycles. The number of carbonyl (C=O) groups is 1. The summed E-state index contributed by atoms with van der Waals surface area (Å²) < 4.78 is 12.4. The Kier molecular flexibility index (Phi) is 5.55. The van der Waals surface area contributed by atoms with Gasteiger partial charge in [-0.05, 0) is 17.5 Å². The van der Waals surface area contributed by atoms with Crippen molar-refractivity contribution in [2.45, 2.75) is 39.3 Å². The van der Waals surface area contributed by atoms with Crippen molar-refractivity contribution < 1.29 is 19.4 Å². The molecular formula is C22H25N5O5. The molecule has 3 aromatic heterocycles. The summed E-state index contributed by atoms with van der Waals surface area (Å²) in [4.78, 5) is 37.4. The third kappa shape index (κ3) is 4.01. The fraction of sp³-hybridized carbons (Fsp3) is 0.409. The Balaban J connectivity index is 1.83. The molecule has 10 nitrogen and oxygen atoms in total. The van der Waals surface area contributed by atoms with Crippen molar-refractivity contribution in [2.75, 3.05) is 13.7 Å². The Labute approximate surface area is 184 Å². The van der Waals surface area contributed by atoms with Crippen LogP contribution in [0.1, 0.15) is 37.9 Å². The lowest BCUT2D eigenvalue weighted by Gasteiger charge is -2.39. The molecule has 0 saturated heterocycles. The van der Waals surface area contributed by atoms with Gasteiger partial charge in [-0.3, -0.25) is 14.3 Å². The summed E-state index contributed by atoms with van der Waals surface area (Å²) in [6.45, 7) is 6.57. The summed E-state index contributed by atoms with van der Waals surface area (Å²) in [5, 5.41) is 12.0. The number of hydrogen-bond donors (Lipinski definition) is 2. The van der Waals surface area contributed by atoms with Gasteiger partial charge in [0.05, 0.1) is 44.1 Å². The van der Waals surface area contributed by atoms with Gasteiger partial charge < -0.3 is 19.9 Å². The number of rotatable bonds is 4. The Hall–Kier alpha value is -3.53. The first-order valence-electron chi connectivity index (χ1n) is 10.2. The number of nitrogens with zero attached hydrogens (tertiary/aromatic N) is 4. The van der Waals surface area contributed by atoms with Crippen molar-refractivity contribution in [1.29, 1.82) is 0 Å². The van der Waals surface area contributed by atoms with Crippen molar-refractivity contribution in [3.63, 3.8) is 0 Å². The van der Waals surface area contributed by atoms with Gasteiger partial charge in [-0.2, -0.15) is 4.98 Å². The molecule has 0 aliphatic carbocycles. The maximum absolute atomic E-state index is 12.7. The van der Waals surface area contributed by atoms with Gasteiger partial charge >= 0.3 is 6.09 Å². The fourth-order valence-corrected chi connectivity index (χ4v) is 4.10. The zero-order chi connectivity index (χ0) is 23.0. The van der Waals surface area contributed by atoms with Crippen LogP contribution in [0.15, 0.2) is 35.4 Å². The summed E-state index contributed by atoms with van der Waals surface area (Å²) in [5.74, 6) is 0.0914. The predicted molar refractivity (Wildman–Crippen MR) is 116 cm³/mol. The topological polar surface area (TPSA) is 128 Å². The lowest BCUT2D eigenvalue weighted by molar-refractivity contribution is 0.0603. The average Bonchev–Trinajstić information content (AvgIpc) is 2.75. The maximum Gasteiger partial charge on any atom is 0.404 e. The number of pyridine rings is 2. The second kappa shape index (κ2) is 8.19. The van der Waals surface area contributed by atoms with Crippen LogP contribution >= 0.6 is 0 Å². The van der Waals surface area contributed by atoms with E-state index in [2.05, 4.69) is 20.3 Å². The first-order chi connectivity index (χ1) is 15.2. The second-order valence-corrected chi connectivity index (χ2v) is 8.78. The molecule has 1 aliphatic heterocycles. The van der Waals surface area contributed by atoms with Gasteiger partial charge in [0.1, 0.15) is 5.52 Å². The van der Waals surface area contributed by atoms with Crippen LogP contribution in [0.3, 0.4) is 0 Å². The zero-order valence-electron chi connectivity index (χ0n) is 18.3. The van der Waals surface area contributed by atoms with E-state index in [1.165, 1.54) is 17.9 Å². The molecule has 0 fully saturated rings. The van der Waals surface area contributed by atoms with Gasteiger partial charge in [-0.1, -0.05) is 20.8 Å². The molecular weight excluding hydrogens is 414 g/mol. The Morgan fingerprint density at radius 1 is 1.31 bits per heavy atom. The normalized spacial score (nSPS) is 16.9. The second-order valence-electron chi connectivity index (χ2n) is 8.78. The van der Waals surface area contributed by atoms with Gasteiger partial charge in [0, 0.05) is 23.6 Å². The van der Waals surface area contributed by atoms with Crippen LogP contribution in [0.5, 0.6) is 5.88 Å². The highest BCUT2D eigenvalue weighted by atomic mass is 16.5. The molecule has 32 heavy (non-hydrogen) atoms. The highest BCUT2D eigenvalue weighted by molar-refractivity contribution is 5.72. The molecule has 1 aliphatic rings. The van der Waals surface area contributed by atoms with Crippen LogP contribution in [0.4, 0.5) is 4.79 Å². The minimum atomic E-state index is -1.09. The summed E-state index contributed by atoms with van der Waals surface area (Å²) >= 11 is 0. The molecule has 10 heteroatoms. The third-order valence-electron chi connectivity index (χ3n) is 5.55. The van der Waals surface area contributed by atoms with Gasteiger partial charge in [-0.15, -0.1) is 0 Å². The van der Waals surface area contributed by atoms with Crippen molar-refractivity contribution in [2.24, 2.45) is 5.41 Å². The lowest BCUT2D eigenvalue weighted by atomic mass is 9.76. The molecule has 2 unspecified atom stereocenters. The van der Waals surface area contributed by atoms with Crippen molar-refractivity contribution in [1.82, 2.24) is 24.8 Å². The van der Waals surface area contributed by atoms with Gasteiger partial charge in [0.2, 0.25) is 5.88 Å². The molecule has 0 radical (unpaired) electrons. The highest BCUT2D eigenvalue weighted by Gasteiger charge is 2.38. The van der Waals surface area contributed by atoms with E-state index in [0.29, 0.717) is 35.9 Å². The van der Waals surface area contributed by atoms with Crippen LogP contribution in [-0.2, 0) is 11.3 Å². The number of hydrogen-bond acceptors (Lipinski definition) is 7. The minimum absolute atomic E-state index is 0.270. The number of fused-ring (bicyclic) bond motifs is 2. The van der Waals surface area contributed by atoms with Gasteiger partial charge in [0.15, 0.2) is 5.65 Å². The molecule has 1 amide bonds. The molecule has 0 saturated carbocycles. The van der Waals surface area contributed by atoms with Crippen LogP contribution in [0.25, 0.3) is 16.9 Å². The van der Waals surface area contributed by atoms with Crippen LogP contribution in [0.2, 0.25) is 0 Å². The van der Waals surface area contributed by atoms with E-state index in [1.807, 2.05) is 26.8 Å². The molecule has 168 valence electrons. The molecule has 4 rings (SSSR count). The molecule has 4 heterocycles. The van der Waals surface area contributed by atoms with E-state index < -0.39 is 12.1 Å². The Bertz CT molecular complexity index is 1230. The van der Waals surface area contributed by atoms with Crippen molar-refractivity contribution in [3.05, 3.63) is 52.2 Å². The largest absolute Gasteiger partial charge is 0.481 e. The summed E-state index contributed by atoms with van der Waals surface area (Å²) in [6, 6.07) is 4.83.